The Hall–Kier alpha value is -7.23. The Labute approximate surface area is 369 Å². The van der Waals surface area contributed by atoms with Crippen molar-refractivity contribution in [2.45, 2.75) is 32.0 Å². The van der Waals surface area contributed by atoms with Gasteiger partial charge < -0.3 is 29.6 Å². The molecule has 0 radical (unpaired) electrons. The molecule has 0 unspecified atom stereocenters. The monoisotopic (exact) mass is 880 g/mol. The second-order valence-corrected chi connectivity index (χ2v) is 16.5. The van der Waals surface area contributed by atoms with Gasteiger partial charge >= 0.3 is 11.9 Å². The molecule has 14 heteroatoms. The van der Waals surface area contributed by atoms with Gasteiger partial charge in [0.15, 0.2) is 0 Å². The van der Waals surface area contributed by atoms with Crippen molar-refractivity contribution in [1.29, 1.82) is 0 Å². The first kappa shape index (κ1) is 44.8. The molecule has 0 fully saturated rings. The van der Waals surface area contributed by atoms with Crippen molar-refractivity contribution in [2.75, 3.05) is 37.1 Å². The topological polar surface area (TPSA) is 184 Å². The number of carbonyl (C=O) groups excluding carboxylic acids is 4. The summed E-state index contributed by atoms with van der Waals surface area (Å²) in [5, 5.41) is 8.16. The van der Waals surface area contributed by atoms with Gasteiger partial charge in [0.1, 0.15) is 13.2 Å². The molecule has 0 bridgehead atoms. The standard InChI is InChI=1S/C50H44N2O11S/c1-32-3-7-34(8-4-32)30-60-19-21-62-49(55)40-13-11-38-26-44(17-15-36(38)23-40)51-47(53)42-25-43(29-46(28-42)64(57,58)59)48(54)52-45-18-16-37-24-41(14-12-39(37)27-45)50(56)63-22-20-61-31-35-9-5-33(2)6-10-35/h3-18,23-29H,19-22,30-31H2,1-2H3,(H,51,53)(H,52,54)(H,57,58,59). The van der Waals surface area contributed by atoms with Gasteiger partial charge in [-0.25, -0.2) is 9.59 Å². The van der Waals surface area contributed by atoms with Crippen molar-refractivity contribution < 1.29 is 51.1 Å². The number of hydrogen-bond acceptors (Lipinski definition) is 10. The van der Waals surface area contributed by atoms with Crippen LogP contribution in [0.1, 0.15) is 63.7 Å². The molecule has 0 aliphatic rings. The maximum atomic E-state index is 13.5. The zero-order chi connectivity index (χ0) is 45.2. The molecule has 2 amide bonds. The van der Waals surface area contributed by atoms with E-state index in [1.807, 2.05) is 62.4 Å². The van der Waals surface area contributed by atoms with Crippen LogP contribution in [0.25, 0.3) is 21.5 Å². The molecule has 7 aromatic carbocycles. The van der Waals surface area contributed by atoms with Gasteiger partial charge in [0.05, 0.1) is 42.4 Å². The maximum absolute atomic E-state index is 13.5. The van der Waals surface area contributed by atoms with E-state index < -0.39 is 38.8 Å². The number of amides is 2. The molecule has 0 saturated carbocycles. The highest BCUT2D eigenvalue weighted by atomic mass is 32.2. The van der Waals surface area contributed by atoms with Crippen molar-refractivity contribution in [3.05, 3.63) is 184 Å². The minimum absolute atomic E-state index is 0.0782. The Kier molecular flexibility index (Phi) is 14.2. The first-order valence-corrected chi connectivity index (χ1v) is 21.7. The summed E-state index contributed by atoms with van der Waals surface area (Å²) in [5.74, 6) is -2.53. The highest BCUT2D eigenvalue weighted by Crippen LogP contribution is 2.25. The van der Waals surface area contributed by atoms with Crippen molar-refractivity contribution >= 4 is 66.8 Å². The lowest BCUT2D eigenvalue weighted by molar-refractivity contribution is 0.0283. The number of hydrogen-bond donors (Lipinski definition) is 3. The number of rotatable bonds is 17. The minimum Gasteiger partial charge on any atom is -0.460 e. The first-order chi connectivity index (χ1) is 30.8. The van der Waals surface area contributed by atoms with Crippen LogP contribution in [-0.2, 0) is 42.3 Å². The van der Waals surface area contributed by atoms with E-state index in [9.17, 15) is 32.1 Å². The molecule has 0 atom stereocenters. The fourth-order valence-electron chi connectivity index (χ4n) is 6.62. The number of benzene rings is 7. The molecule has 0 aliphatic carbocycles. The lowest BCUT2D eigenvalue weighted by atomic mass is 10.1. The van der Waals surface area contributed by atoms with E-state index in [1.165, 1.54) is 6.07 Å². The lowest BCUT2D eigenvalue weighted by Gasteiger charge is -2.12. The van der Waals surface area contributed by atoms with Gasteiger partial charge in [-0.15, -0.1) is 0 Å². The number of fused-ring (bicyclic) bond motifs is 2. The largest absolute Gasteiger partial charge is 0.460 e. The van der Waals surface area contributed by atoms with Crippen molar-refractivity contribution in [3.63, 3.8) is 0 Å². The third kappa shape index (κ3) is 12.0. The summed E-state index contributed by atoms with van der Waals surface area (Å²) >= 11 is 0. The zero-order valence-corrected chi connectivity index (χ0v) is 35.8. The number of carbonyl (C=O) groups is 4. The third-order valence-electron chi connectivity index (χ3n) is 10.1. The Morgan fingerprint density at radius 1 is 0.469 bits per heavy atom. The van der Waals surface area contributed by atoms with Crippen LogP contribution in [0.4, 0.5) is 11.4 Å². The zero-order valence-electron chi connectivity index (χ0n) is 35.0. The van der Waals surface area contributed by atoms with E-state index in [2.05, 4.69) is 10.6 Å². The van der Waals surface area contributed by atoms with E-state index in [0.29, 0.717) is 57.3 Å². The van der Waals surface area contributed by atoms with E-state index >= 15 is 0 Å². The minimum atomic E-state index is -4.83. The molecule has 0 spiro atoms. The summed E-state index contributed by atoms with van der Waals surface area (Å²) in [6.07, 6.45) is 0. The van der Waals surface area contributed by atoms with Crippen molar-refractivity contribution in [2.24, 2.45) is 0 Å². The molecular formula is C50H44N2O11S. The molecule has 7 aromatic rings. The highest BCUT2D eigenvalue weighted by molar-refractivity contribution is 7.85. The van der Waals surface area contributed by atoms with Crippen molar-refractivity contribution in [3.8, 4) is 0 Å². The smallest absolute Gasteiger partial charge is 0.338 e. The molecular weight excluding hydrogens is 837 g/mol. The van der Waals surface area contributed by atoms with Crippen LogP contribution in [0, 0.1) is 13.8 Å². The predicted molar refractivity (Wildman–Crippen MR) is 242 cm³/mol. The van der Waals surface area contributed by atoms with Crippen LogP contribution in [0.3, 0.4) is 0 Å². The average Bonchev–Trinajstić information content (AvgIpc) is 3.29. The second-order valence-electron chi connectivity index (χ2n) is 15.0. The van der Waals surface area contributed by atoms with Gasteiger partial charge in [0.2, 0.25) is 0 Å². The molecule has 64 heavy (non-hydrogen) atoms. The van der Waals surface area contributed by atoms with Gasteiger partial charge in [-0.2, -0.15) is 8.42 Å². The summed E-state index contributed by atoms with van der Waals surface area (Å²) in [6, 6.07) is 38.9. The number of ether oxygens (including phenoxy) is 4. The Morgan fingerprint density at radius 3 is 1.27 bits per heavy atom. The normalized spacial score (nSPS) is 11.3. The van der Waals surface area contributed by atoms with E-state index in [0.717, 1.165) is 34.4 Å². The van der Waals surface area contributed by atoms with Gasteiger partial charge in [-0.3, -0.25) is 14.1 Å². The Morgan fingerprint density at radius 2 is 0.859 bits per heavy atom. The van der Waals surface area contributed by atoms with E-state index in [-0.39, 0.29) is 37.6 Å². The molecule has 13 nitrogen and oxygen atoms in total. The summed E-state index contributed by atoms with van der Waals surface area (Å²) in [6.45, 7) is 5.44. The molecule has 7 rings (SSSR count). The quantitative estimate of drug-likeness (QED) is 0.0451. The van der Waals surface area contributed by atoms with Gasteiger partial charge in [0, 0.05) is 22.5 Å². The number of esters is 2. The van der Waals surface area contributed by atoms with Crippen molar-refractivity contribution in [1.82, 2.24) is 0 Å². The molecule has 0 aliphatic heterocycles. The Bertz CT molecular complexity index is 2790. The highest BCUT2D eigenvalue weighted by Gasteiger charge is 2.20. The lowest BCUT2D eigenvalue weighted by Crippen LogP contribution is -2.17. The van der Waals surface area contributed by atoms with E-state index in [4.69, 9.17) is 18.9 Å². The molecule has 0 aromatic heterocycles. The predicted octanol–water partition coefficient (Wildman–Crippen LogP) is 9.11. The average molecular weight is 881 g/mol. The SMILES string of the molecule is Cc1ccc(COCCOC(=O)c2ccc3cc(NC(=O)c4cc(C(=O)Nc5ccc6cc(C(=O)OCCOCc7ccc(C)cc7)ccc6c5)cc(S(=O)(=O)O)c4)ccc3c2)cc1. The summed E-state index contributed by atoms with van der Waals surface area (Å²) in [5.41, 5.74) is 5.28. The second kappa shape index (κ2) is 20.3. The molecule has 0 saturated heterocycles. The summed E-state index contributed by atoms with van der Waals surface area (Å²) in [4.78, 5) is 51.8. The van der Waals surface area contributed by atoms with Gasteiger partial charge in [0.25, 0.3) is 21.9 Å². The van der Waals surface area contributed by atoms with Crippen LogP contribution in [0.2, 0.25) is 0 Å². The number of aryl methyl sites for hydroxylation is 2. The number of anilines is 2. The van der Waals surface area contributed by atoms with Crippen LogP contribution >= 0.6 is 0 Å². The summed E-state index contributed by atoms with van der Waals surface area (Å²) in [7, 11) is -4.83. The maximum Gasteiger partial charge on any atom is 0.338 e. The van der Waals surface area contributed by atoms with Crippen LogP contribution in [0.15, 0.2) is 144 Å². The van der Waals surface area contributed by atoms with Crippen LogP contribution in [0.5, 0.6) is 0 Å². The summed E-state index contributed by atoms with van der Waals surface area (Å²) < 4.78 is 56.4. The van der Waals surface area contributed by atoms with Crippen LogP contribution in [-0.4, -0.2) is 63.2 Å². The fourth-order valence-corrected chi connectivity index (χ4v) is 7.17. The van der Waals surface area contributed by atoms with Crippen LogP contribution < -0.4 is 10.6 Å². The molecule has 326 valence electrons. The fraction of sp³-hybridized carbons (Fsp3) is 0.160. The Balaban J connectivity index is 0.946. The molecule has 3 N–H and O–H groups in total. The third-order valence-corrected chi connectivity index (χ3v) is 10.9. The number of nitrogens with one attached hydrogen (secondary N) is 2. The molecule has 0 heterocycles. The van der Waals surface area contributed by atoms with E-state index in [1.54, 1.807) is 72.8 Å². The van der Waals surface area contributed by atoms with Gasteiger partial charge in [-0.1, -0.05) is 83.9 Å². The first-order valence-electron chi connectivity index (χ1n) is 20.2. The van der Waals surface area contributed by atoms with Gasteiger partial charge in [-0.05, 0) is 113 Å².